The van der Waals surface area contributed by atoms with Crippen molar-refractivity contribution < 1.29 is 22.7 Å². The monoisotopic (exact) mass is 264 g/mol. The van der Waals surface area contributed by atoms with E-state index in [4.69, 9.17) is 0 Å². The number of thioether (sulfide) groups is 1. The molecule has 0 saturated heterocycles. The lowest BCUT2D eigenvalue weighted by molar-refractivity contribution is -0.260. The second kappa shape index (κ2) is 5.10. The largest absolute Gasteiger partial charge is 0.429 e. The summed E-state index contributed by atoms with van der Waals surface area (Å²) in [5.41, 5.74) is -3.11. The maximum Gasteiger partial charge on any atom is 0.429 e. The first-order chi connectivity index (χ1) is 7.90. The Morgan fingerprint density at radius 3 is 2.12 bits per heavy atom. The van der Waals surface area contributed by atoms with Crippen LogP contribution in [0, 0.1) is 0 Å². The van der Waals surface area contributed by atoms with E-state index in [0.29, 0.717) is 11.8 Å². The molecule has 1 atom stereocenters. The minimum atomic E-state index is -4.80. The molecule has 0 N–H and O–H groups in total. The Morgan fingerprint density at radius 2 is 1.76 bits per heavy atom. The average molecular weight is 264 g/mol. The van der Waals surface area contributed by atoms with Gasteiger partial charge in [0, 0.05) is 12.7 Å². The number of halogens is 3. The molecule has 0 aliphatic carbocycles. The maximum atomic E-state index is 13.1. The Kier molecular flexibility index (Phi) is 4.21. The van der Waals surface area contributed by atoms with E-state index in [0.717, 1.165) is 7.11 Å². The van der Waals surface area contributed by atoms with E-state index in [1.54, 1.807) is 6.07 Å². The average Bonchev–Trinajstić information content (AvgIpc) is 2.30. The summed E-state index contributed by atoms with van der Waals surface area (Å²) in [6, 6.07) is 6.89. The van der Waals surface area contributed by atoms with Crippen LogP contribution < -0.4 is 0 Å². The zero-order valence-corrected chi connectivity index (χ0v) is 10.1. The number of rotatable bonds is 3. The molecule has 0 heterocycles. The van der Waals surface area contributed by atoms with Crippen LogP contribution in [0.25, 0.3) is 0 Å². The molecular formula is C11H11F3O2S. The van der Waals surface area contributed by atoms with Crippen LogP contribution in [-0.4, -0.2) is 24.7 Å². The fourth-order valence-electron chi connectivity index (χ4n) is 1.53. The van der Waals surface area contributed by atoms with Crippen LogP contribution in [0.15, 0.2) is 30.3 Å². The Morgan fingerprint density at radius 1 is 1.24 bits per heavy atom. The smallest absolute Gasteiger partial charge is 0.357 e. The molecule has 17 heavy (non-hydrogen) atoms. The third kappa shape index (κ3) is 2.32. The molecule has 0 saturated carbocycles. The van der Waals surface area contributed by atoms with Crippen molar-refractivity contribution in [1.29, 1.82) is 0 Å². The first kappa shape index (κ1) is 14.1. The highest BCUT2D eigenvalue weighted by Crippen LogP contribution is 2.44. The van der Waals surface area contributed by atoms with Crippen LogP contribution in [0.4, 0.5) is 13.2 Å². The first-order valence-electron chi connectivity index (χ1n) is 4.66. The second-order valence-electron chi connectivity index (χ2n) is 3.24. The number of alkyl halides is 3. The van der Waals surface area contributed by atoms with Crippen molar-refractivity contribution in [1.82, 2.24) is 0 Å². The lowest BCUT2D eigenvalue weighted by Crippen LogP contribution is -2.49. The number of carbonyl (C=O) groups is 1. The van der Waals surface area contributed by atoms with E-state index in [9.17, 15) is 18.0 Å². The lowest BCUT2D eigenvalue weighted by atomic mass is 9.94. The van der Waals surface area contributed by atoms with Gasteiger partial charge >= 0.3 is 6.18 Å². The van der Waals surface area contributed by atoms with Gasteiger partial charge in [0.1, 0.15) is 0 Å². The summed E-state index contributed by atoms with van der Waals surface area (Å²) in [5.74, 6) is 0. The molecule has 0 aromatic heterocycles. The van der Waals surface area contributed by atoms with Gasteiger partial charge in [-0.15, -0.1) is 0 Å². The van der Waals surface area contributed by atoms with Crippen LogP contribution in [0.1, 0.15) is 5.56 Å². The molecule has 1 rings (SSSR count). The molecule has 0 fully saturated rings. The van der Waals surface area contributed by atoms with Gasteiger partial charge in [0.25, 0.3) is 5.60 Å². The molecule has 94 valence electrons. The van der Waals surface area contributed by atoms with Crippen LogP contribution in [-0.2, 0) is 15.1 Å². The van der Waals surface area contributed by atoms with Gasteiger partial charge in [-0.3, -0.25) is 4.79 Å². The summed E-state index contributed by atoms with van der Waals surface area (Å²) in [4.78, 5) is 11.6. The van der Waals surface area contributed by atoms with Gasteiger partial charge in [-0.1, -0.05) is 42.1 Å². The maximum absolute atomic E-state index is 13.1. The molecule has 0 amide bonds. The van der Waals surface area contributed by atoms with Gasteiger partial charge in [0.2, 0.25) is 5.12 Å². The van der Waals surface area contributed by atoms with Gasteiger partial charge in [0.15, 0.2) is 0 Å². The molecule has 0 bridgehead atoms. The second-order valence-corrected chi connectivity index (χ2v) is 4.02. The fourth-order valence-corrected chi connectivity index (χ4v) is 2.14. The van der Waals surface area contributed by atoms with E-state index in [1.807, 2.05) is 0 Å². The number of carbonyl (C=O) groups excluding carboxylic acids is 1. The molecular weight excluding hydrogens is 253 g/mol. The van der Waals surface area contributed by atoms with E-state index >= 15 is 0 Å². The van der Waals surface area contributed by atoms with E-state index in [-0.39, 0.29) is 5.56 Å². The SMILES string of the molecule is CO[C@@](C(=O)SC)(c1ccccc1)C(F)(F)F. The third-order valence-corrected chi connectivity index (χ3v) is 3.02. The van der Waals surface area contributed by atoms with Crippen LogP contribution in [0.5, 0.6) is 0 Å². The summed E-state index contributed by atoms with van der Waals surface area (Å²) in [7, 11) is 0.884. The molecule has 0 aliphatic heterocycles. The zero-order valence-electron chi connectivity index (χ0n) is 9.25. The highest BCUT2D eigenvalue weighted by atomic mass is 32.2. The van der Waals surface area contributed by atoms with Crippen molar-refractivity contribution in [2.45, 2.75) is 11.8 Å². The van der Waals surface area contributed by atoms with E-state index in [1.165, 1.54) is 30.5 Å². The molecule has 0 unspecified atom stereocenters. The molecule has 1 aromatic rings. The first-order valence-corrected chi connectivity index (χ1v) is 5.88. The summed E-state index contributed by atoms with van der Waals surface area (Å²) in [5, 5.41) is -1.08. The molecule has 2 nitrogen and oxygen atoms in total. The molecule has 0 radical (unpaired) electrons. The lowest BCUT2D eigenvalue weighted by Gasteiger charge is -2.32. The van der Waals surface area contributed by atoms with Gasteiger partial charge < -0.3 is 4.74 Å². The quantitative estimate of drug-likeness (QED) is 0.839. The molecule has 1 aromatic carbocycles. The molecule has 6 heteroatoms. The standard InChI is InChI=1S/C11H11F3O2S/c1-16-10(9(15)17-2,11(12,13)14)8-6-4-3-5-7-8/h3-7H,1-2H3/t10-/m1/s1. The minimum Gasteiger partial charge on any atom is -0.357 e. The zero-order chi connectivity index (χ0) is 13.1. The fraction of sp³-hybridized carbons (Fsp3) is 0.364. The Bertz CT molecular complexity index is 391. The van der Waals surface area contributed by atoms with Crippen LogP contribution in [0.2, 0.25) is 0 Å². The predicted molar refractivity (Wildman–Crippen MR) is 59.7 cm³/mol. The number of hydrogen-bond acceptors (Lipinski definition) is 3. The minimum absolute atomic E-state index is 0.214. The van der Waals surface area contributed by atoms with E-state index in [2.05, 4.69) is 4.74 Å². The van der Waals surface area contributed by atoms with Crippen molar-refractivity contribution in [3.8, 4) is 0 Å². The summed E-state index contributed by atoms with van der Waals surface area (Å²) < 4.78 is 44.0. The third-order valence-electron chi connectivity index (χ3n) is 2.36. The van der Waals surface area contributed by atoms with Crippen molar-refractivity contribution >= 4 is 16.9 Å². The van der Waals surface area contributed by atoms with Crippen molar-refractivity contribution in [3.63, 3.8) is 0 Å². The van der Waals surface area contributed by atoms with Crippen LogP contribution in [0.3, 0.4) is 0 Å². The van der Waals surface area contributed by atoms with Crippen molar-refractivity contribution in [2.75, 3.05) is 13.4 Å². The highest BCUT2D eigenvalue weighted by molar-refractivity contribution is 8.13. The Balaban J connectivity index is 3.43. The van der Waals surface area contributed by atoms with Gasteiger partial charge in [-0.2, -0.15) is 13.2 Å². The topological polar surface area (TPSA) is 26.3 Å². The van der Waals surface area contributed by atoms with Crippen molar-refractivity contribution in [3.05, 3.63) is 35.9 Å². The molecule has 0 aliphatic rings. The van der Waals surface area contributed by atoms with Gasteiger partial charge in [0.05, 0.1) is 0 Å². The normalized spacial score (nSPS) is 15.4. The predicted octanol–water partition coefficient (Wildman–Crippen LogP) is 2.98. The highest BCUT2D eigenvalue weighted by Gasteiger charge is 2.62. The van der Waals surface area contributed by atoms with Crippen LogP contribution >= 0.6 is 11.8 Å². The number of methoxy groups -OCH3 is 1. The van der Waals surface area contributed by atoms with Crippen molar-refractivity contribution in [2.24, 2.45) is 0 Å². The Hall–Kier alpha value is -1.01. The van der Waals surface area contributed by atoms with Gasteiger partial charge in [-0.05, 0) is 6.26 Å². The van der Waals surface area contributed by atoms with Gasteiger partial charge in [-0.25, -0.2) is 0 Å². The number of hydrogen-bond donors (Lipinski definition) is 0. The number of ether oxygens (including phenoxy) is 1. The Labute approximate surface area is 101 Å². The number of benzene rings is 1. The summed E-state index contributed by atoms with van der Waals surface area (Å²) in [6.07, 6.45) is -3.51. The summed E-state index contributed by atoms with van der Waals surface area (Å²) in [6.45, 7) is 0. The molecule has 0 spiro atoms. The summed E-state index contributed by atoms with van der Waals surface area (Å²) >= 11 is 0.494. The van der Waals surface area contributed by atoms with E-state index < -0.39 is 16.9 Å².